The SMILES string of the molecule is C[Si](C)(C)Oc1ccc([C@@H](Nc2ccc(F)cc2)[C@@H](CC[C@@H](O[Si](C)(C)C)c2ccc(F)cc2)C(=O)N2C(=O)OC[C@H]2c2ccccc2)cc1Br. The number of hydrogen-bond donors (Lipinski definition) is 1. The maximum atomic E-state index is 15.0. The van der Waals surface area contributed by atoms with E-state index in [1.807, 2.05) is 48.5 Å². The van der Waals surface area contributed by atoms with E-state index in [0.717, 1.165) is 16.7 Å². The van der Waals surface area contributed by atoms with Crippen molar-refractivity contribution < 1.29 is 32.0 Å². The maximum Gasteiger partial charge on any atom is 0.417 e. The van der Waals surface area contributed by atoms with E-state index in [4.69, 9.17) is 13.6 Å². The van der Waals surface area contributed by atoms with Crippen LogP contribution >= 0.6 is 15.9 Å². The molecule has 1 aliphatic rings. The summed E-state index contributed by atoms with van der Waals surface area (Å²) in [7, 11) is -4.08. The van der Waals surface area contributed by atoms with Gasteiger partial charge in [0.1, 0.15) is 30.0 Å². The fraction of sp³-hybridized carbons (Fsp3) is 0.333. The lowest BCUT2D eigenvalue weighted by molar-refractivity contribution is -0.134. The van der Waals surface area contributed by atoms with E-state index in [2.05, 4.69) is 60.5 Å². The Morgan fingerprint density at radius 2 is 1.47 bits per heavy atom. The largest absolute Gasteiger partial charge is 0.544 e. The number of carbonyl (C=O) groups excluding carboxylic acids is 2. The molecule has 12 heteroatoms. The van der Waals surface area contributed by atoms with Crippen molar-refractivity contribution in [3.05, 3.63) is 130 Å². The van der Waals surface area contributed by atoms with Crippen LogP contribution in [0.4, 0.5) is 19.3 Å². The number of rotatable bonds is 14. The zero-order chi connectivity index (χ0) is 36.9. The first-order valence-electron chi connectivity index (χ1n) is 17.1. The highest BCUT2D eigenvalue weighted by molar-refractivity contribution is 9.10. The van der Waals surface area contributed by atoms with E-state index in [1.54, 1.807) is 24.3 Å². The molecule has 0 saturated carbocycles. The first-order chi connectivity index (χ1) is 24.1. The van der Waals surface area contributed by atoms with Crippen molar-refractivity contribution in [2.75, 3.05) is 11.9 Å². The van der Waals surface area contributed by atoms with Gasteiger partial charge in [-0.15, -0.1) is 0 Å². The van der Waals surface area contributed by atoms with Crippen molar-refractivity contribution in [3.8, 4) is 5.75 Å². The number of cyclic esters (lactones) is 1. The Morgan fingerprint density at radius 1 is 0.863 bits per heavy atom. The van der Waals surface area contributed by atoms with Crippen LogP contribution in [0.1, 0.15) is 47.7 Å². The number of benzene rings is 4. The summed E-state index contributed by atoms with van der Waals surface area (Å²) in [5, 5.41) is 3.51. The molecule has 0 radical (unpaired) electrons. The molecule has 4 aromatic carbocycles. The van der Waals surface area contributed by atoms with Crippen LogP contribution in [0.3, 0.4) is 0 Å². The van der Waals surface area contributed by atoms with E-state index in [-0.39, 0.29) is 18.8 Å². The average molecular weight is 796 g/mol. The lowest BCUT2D eigenvalue weighted by Crippen LogP contribution is -2.42. The van der Waals surface area contributed by atoms with Gasteiger partial charge in [-0.2, -0.15) is 0 Å². The van der Waals surface area contributed by atoms with Gasteiger partial charge in [0.25, 0.3) is 0 Å². The van der Waals surface area contributed by atoms with Crippen LogP contribution in [0.15, 0.2) is 102 Å². The molecule has 5 rings (SSSR count). The molecule has 2 amide bonds. The number of nitrogens with one attached hydrogen (secondary N) is 1. The second-order valence-electron chi connectivity index (χ2n) is 14.7. The number of ether oxygens (including phenoxy) is 1. The van der Waals surface area contributed by atoms with Gasteiger partial charge in [0.15, 0.2) is 8.32 Å². The number of imide groups is 1. The highest BCUT2D eigenvalue weighted by atomic mass is 79.9. The summed E-state index contributed by atoms with van der Waals surface area (Å²) in [6, 6.07) is 25.9. The summed E-state index contributed by atoms with van der Waals surface area (Å²) in [5.41, 5.74) is 2.92. The van der Waals surface area contributed by atoms with E-state index < -0.39 is 58.6 Å². The molecule has 1 N–H and O–H groups in total. The van der Waals surface area contributed by atoms with Crippen LogP contribution in [0.2, 0.25) is 39.3 Å². The molecule has 1 aliphatic heterocycles. The Balaban J connectivity index is 1.61. The quantitative estimate of drug-likeness (QED) is 0.128. The number of nitrogens with zero attached hydrogens (tertiary/aromatic N) is 1. The van der Waals surface area contributed by atoms with E-state index in [0.29, 0.717) is 22.3 Å². The molecule has 0 spiro atoms. The minimum atomic E-state index is -2.13. The molecule has 4 atom stereocenters. The van der Waals surface area contributed by atoms with Gasteiger partial charge >= 0.3 is 6.09 Å². The third-order valence-corrected chi connectivity index (χ3v) is 10.8. The van der Waals surface area contributed by atoms with Crippen molar-refractivity contribution in [2.24, 2.45) is 5.92 Å². The van der Waals surface area contributed by atoms with Crippen LogP contribution < -0.4 is 9.74 Å². The van der Waals surface area contributed by atoms with Gasteiger partial charge < -0.3 is 18.9 Å². The predicted octanol–water partition coefficient (Wildman–Crippen LogP) is 10.8. The third-order valence-electron chi connectivity index (χ3n) is 8.39. The van der Waals surface area contributed by atoms with Crippen LogP contribution in [-0.2, 0) is 14.0 Å². The summed E-state index contributed by atoms with van der Waals surface area (Å²) >= 11 is 3.70. The number of anilines is 1. The van der Waals surface area contributed by atoms with Crippen LogP contribution in [0, 0.1) is 17.6 Å². The topological polar surface area (TPSA) is 77.1 Å². The molecular weight excluding hydrogens is 751 g/mol. The van der Waals surface area contributed by atoms with Gasteiger partial charge in [-0.25, -0.2) is 18.5 Å². The molecule has 7 nitrogen and oxygen atoms in total. The Labute approximate surface area is 309 Å². The van der Waals surface area contributed by atoms with Gasteiger partial charge in [0, 0.05) is 5.69 Å². The fourth-order valence-electron chi connectivity index (χ4n) is 6.19. The molecule has 1 saturated heterocycles. The molecule has 4 aromatic rings. The number of hydrogen-bond acceptors (Lipinski definition) is 6. The predicted molar refractivity (Wildman–Crippen MR) is 205 cm³/mol. The van der Waals surface area contributed by atoms with Gasteiger partial charge in [0.2, 0.25) is 14.2 Å². The van der Waals surface area contributed by atoms with E-state index in [9.17, 15) is 13.6 Å². The van der Waals surface area contributed by atoms with E-state index >= 15 is 4.79 Å². The standard InChI is InChI=1S/C39H45BrF2N2O5Si2/c1-50(2,3)48-35(27-12-15-29(41)16-13-27)23-21-32(38(45)44-34(25-47-39(44)46)26-10-8-7-9-11-26)37(43-31-19-17-30(42)18-20-31)28-14-22-36(33(40)24-28)49-51(4,5)6/h7-20,22,24,32,34-35,37,43H,21,23,25H2,1-6H3/t32-,34+,35-,37-/m1/s1. The van der Waals surface area contributed by atoms with Crippen LogP contribution in [-0.4, -0.2) is 40.1 Å². The second-order valence-corrected chi connectivity index (χ2v) is 24.4. The smallest absolute Gasteiger partial charge is 0.417 e. The monoisotopic (exact) mass is 794 g/mol. The summed E-state index contributed by atoms with van der Waals surface area (Å²) in [5.74, 6) is -1.31. The van der Waals surface area contributed by atoms with Crippen molar-refractivity contribution in [1.82, 2.24) is 4.90 Å². The maximum absolute atomic E-state index is 15.0. The minimum Gasteiger partial charge on any atom is -0.544 e. The normalized spacial score (nSPS) is 16.7. The number of halogens is 3. The van der Waals surface area contributed by atoms with Crippen LogP contribution in [0.25, 0.3) is 0 Å². The first kappa shape index (κ1) is 38.4. The third kappa shape index (κ3) is 10.4. The number of carbonyl (C=O) groups is 2. The van der Waals surface area contributed by atoms with E-state index in [1.165, 1.54) is 29.2 Å². The van der Waals surface area contributed by atoms with Crippen molar-refractivity contribution in [2.45, 2.75) is 70.3 Å². The summed E-state index contributed by atoms with van der Waals surface area (Å²) in [6.45, 7) is 12.6. The molecule has 1 heterocycles. The number of amides is 2. The van der Waals surface area contributed by atoms with Gasteiger partial charge in [-0.05, 0) is 133 Å². The zero-order valence-electron chi connectivity index (χ0n) is 29.8. The highest BCUT2D eigenvalue weighted by Gasteiger charge is 2.44. The lowest BCUT2D eigenvalue weighted by Gasteiger charge is -2.34. The molecule has 0 bridgehead atoms. The Bertz CT molecular complexity index is 1800. The summed E-state index contributed by atoms with van der Waals surface area (Å²) in [6.07, 6.45) is -0.480. The molecule has 51 heavy (non-hydrogen) atoms. The minimum absolute atomic E-state index is 0.0303. The average Bonchev–Trinajstić information content (AvgIpc) is 3.46. The second kappa shape index (κ2) is 16.2. The fourth-order valence-corrected chi connectivity index (χ4v) is 8.76. The Morgan fingerprint density at radius 3 is 2.06 bits per heavy atom. The molecule has 0 aliphatic carbocycles. The lowest BCUT2D eigenvalue weighted by atomic mass is 9.85. The molecular formula is C39H45BrF2N2O5Si2. The van der Waals surface area contributed by atoms with Crippen molar-refractivity contribution in [3.63, 3.8) is 0 Å². The van der Waals surface area contributed by atoms with Gasteiger partial charge in [-0.1, -0.05) is 48.5 Å². The van der Waals surface area contributed by atoms with Crippen molar-refractivity contribution in [1.29, 1.82) is 0 Å². The van der Waals surface area contributed by atoms with Gasteiger partial charge in [-0.3, -0.25) is 4.79 Å². The van der Waals surface area contributed by atoms with Crippen molar-refractivity contribution >= 4 is 50.3 Å². The molecule has 270 valence electrons. The summed E-state index contributed by atoms with van der Waals surface area (Å²) < 4.78 is 47.2. The zero-order valence-corrected chi connectivity index (χ0v) is 33.4. The van der Waals surface area contributed by atoms with Crippen LogP contribution in [0.5, 0.6) is 5.75 Å². The van der Waals surface area contributed by atoms with Gasteiger partial charge in [0.05, 0.1) is 22.5 Å². The molecule has 0 unspecified atom stereocenters. The highest BCUT2D eigenvalue weighted by Crippen LogP contribution is 2.41. The first-order valence-corrected chi connectivity index (χ1v) is 24.7. The summed E-state index contributed by atoms with van der Waals surface area (Å²) in [4.78, 5) is 29.7. The molecule has 0 aromatic heterocycles. The Hall–Kier alpha value is -3.85. The molecule has 1 fully saturated rings. The Kier molecular flexibility index (Phi) is 12.2.